The third kappa shape index (κ3) is 14.1. The lowest BCUT2D eigenvalue weighted by Gasteiger charge is -2.44. The number of anilines is 6. The first-order valence-electron chi connectivity index (χ1n) is 26.3. The second-order valence-corrected chi connectivity index (χ2v) is 19.9. The van der Waals surface area contributed by atoms with Gasteiger partial charge in [-0.1, -0.05) is 99.8 Å². The molecule has 2 aromatic heterocycles. The van der Waals surface area contributed by atoms with Crippen LogP contribution in [0.1, 0.15) is 98.8 Å². The fraction of sp³-hybridized carbons (Fsp3) is 0.305. The summed E-state index contributed by atoms with van der Waals surface area (Å²) in [4.78, 5) is 97.5. The van der Waals surface area contributed by atoms with Gasteiger partial charge in [0.25, 0.3) is 11.8 Å². The molecule has 2 heterocycles. The summed E-state index contributed by atoms with van der Waals surface area (Å²) in [5.41, 5.74) is 8.42. The van der Waals surface area contributed by atoms with E-state index in [9.17, 15) is 28.8 Å². The molecule has 4 aromatic carbocycles. The van der Waals surface area contributed by atoms with E-state index in [1.807, 2.05) is 79.5 Å². The fourth-order valence-corrected chi connectivity index (χ4v) is 10.2. The predicted octanol–water partition coefficient (Wildman–Crippen LogP) is 6.96. The number of nitrogens with two attached hydrogens (primary N) is 1. The Labute approximate surface area is 463 Å². The van der Waals surface area contributed by atoms with Crippen LogP contribution in [0.3, 0.4) is 0 Å². The molecule has 7 N–H and O–H groups in total. The molecule has 2 aliphatic rings. The monoisotopic (exact) mass is 1080 g/mol. The molecular formula is C59H65N13O8. The number of carbonyl (C=O) groups is 6. The summed E-state index contributed by atoms with van der Waals surface area (Å²) in [7, 11) is 3.64. The Bertz CT molecular complexity index is 3240. The molecule has 0 aliphatic heterocycles. The van der Waals surface area contributed by atoms with E-state index < -0.39 is 47.8 Å². The van der Waals surface area contributed by atoms with Crippen LogP contribution < -0.4 is 42.1 Å². The van der Waals surface area contributed by atoms with E-state index in [4.69, 9.17) is 30.2 Å². The number of benzene rings is 4. The van der Waals surface area contributed by atoms with Crippen molar-refractivity contribution in [2.45, 2.75) is 89.4 Å². The maximum atomic E-state index is 14.8. The highest BCUT2D eigenvalue weighted by molar-refractivity contribution is 5.99. The third-order valence-electron chi connectivity index (χ3n) is 14.6. The number of hydrogen-bond acceptors (Lipinski definition) is 17. The third-order valence-corrected chi connectivity index (χ3v) is 14.6. The molecule has 0 bridgehead atoms. The number of aromatic nitrogens is 5. The summed E-state index contributed by atoms with van der Waals surface area (Å²) in [6.45, 7) is 11.4. The molecule has 6 aromatic rings. The van der Waals surface area contributed by atoms with Gasteiger partial charge in [-0.25, -0.2) is 19.6 Å². The molecule has 0 radical (unpaired) electrons. The molecule has 414 valence electrons. The van der Waals surface area contributed by atoms with Gasteiger partial charge in [0.1, 0.15) is 19.0 Å². The van der Waals surface area contributed by atoms with Crippen molar-refractivity contribution < 1.29 is 38.2 Å². The summed E-state index contributed by atoms with van der Waals surface area (Å²) in [6, 6.07) is 30.0. The molecule has 21 nitrogen and oxygen atoms in total. The summed E-state index contributed by atoms with van der Waals surface area (Å²) >= 11 is 0. The van der Waals surface area contributed by atoms with Gasteiger partial charge >= 0.3 is 11.9 Å². The van der Waals surface area contributed by atoms with Gasteiger partial charge in [-0.3, -0.25) is 19.2 Å². The molecule has 0 spiro atoms. The zero-order valence-electron chi connectivity index (χ0n) is 45.0. The molecule has 2 saturated carbocycles. The van der Waals surface area contributed by atoms with Crippen molar-refractivity contribution in [3.05, 3.63) is 174 Å². The molecular weight excluding hydrogens is 1020 g/mol. The van der Waals surface area contributed by atoms with Crippen molar-refractivity contribution in [1.29, 1.82) is 0 Å². The van der Waals surface area contributed by atoms with Crippen molar-refractivity contribution >= 4 is 70.3 Å². The van der Waals surface area contributed by atoms with E-state index in [0.717, 1.165) is 30.4 Å². The van der Waals surface area contributed by atoms with Gasteiger partial charge in [-0.15, -0.1) is 10.2 Å². The Hall–Kier alpha value is -9.53. The van der Waals surface area contributed by atoms with Gasteiger partial charge < -0.3 is 51.6 Å². The van der Waals surface area contributed by atoms with E-state index in [-0.39, 0.29) is 83.1 Å². The lowest BCUT2D eigenvalue weighted by atomic mass is 9.78. The van der Waals surface area contributed by atoms with Crippen LogP contribution in [0, 0.1) is 11.8 Å². The second-order valence-electron chi connectivity index (χ2n) is 19.9. The number of hydrogen-bond donors (Lipinski definition) is 6. The van der Waals surface area contributed by atoms with Gasteiger partial charge in [0.15, 0.2) is 23.0 Å². The number of esters is 2. The van der Waals surface area contributed by atoms with Crippen LogP contribution in [-0.2, 0) is 32.3 Å². The Balaban J connectivity index is 1.06. The van der Waals surface area contributed by atoms with Crippen molar-refractivity contribution in [2.75, 3.05) is 34.5 Å². The van der Waals surface area contributed by atoms with Gasteiger partial charge in [-0.2, -0.15) is 4.98 Å². The van der Waals surface area contributed by atoms with Crippen molar-refractivity contribution in [1.82, 2.24) is 41.1 Å². The standard InChI is InChI=1S/C59H65N13O8/c1-7-49(73)65-44-26-17-27-46(35(44)3)71(5)48-32-61-52(55(67-48)63-42-25-16-23-40(29-42)58(78)80-34-38-20-13-10-14-21-38)56(76)64-43-30-45(66-50(74)8-2)36(4)47(31-43)72(6)59-68-54(51(53(60)75)69-70-59)62-41-24-15-22-39(28-41)57(77)79-33-37-18-11-9-12-19-37/h7-16,18-25,28-29,32,35-36,43-47H,1-2,17,26-27,30-31,33-34H2,3-6H3,(H2,60,75)(H,63,67)(H,64,76)(H,65,73)(H,66,74)(H,62,68,70)/t35-,36-,43?,44?,45?,46+,47+/m0/s1. The molecule has 80 heavy (non-hydrogen) atoms. The van der Waals surface area contributed by atoms with Crippen LogP contribution in [-0.4, -0.2) is 105 Å². The lowest BCUT2D eigenvalue weighted by molar-refractivity contribution is -0.118. The highest BCUT2D eigenvalue weighted by Crippen LogP contribution is 2.34. The Morgan fingerprint density at radius 1 is 0.637 bits per heavy atom. The normalized spacial score (nSPS) is 19.4. The minimum Gasteiger partial charge on any atom is -0.457 e. The first-order valence-corrected chi connectivity index (χ1v) is 26.3. The topological polar surface area (TPSA) is 278 Å². The molecule has 8 rings (SSSR count). The summed E-state index contributed by atoms with van der Waals surface area (Å²) in [6.07, 6.45) is 7.05. The summed E-state index contributed by atoms with van der Waals surface area (Å²) in [5.74, 6) is -2.94. The van der Waals surface area contributed by atoms with Crippen molar-refractivity contribution in [3.8, 4) is 0 Å². The van der Waals surface area contributed by atoms with Crippen LogP contribution in [0.5, 0.6) is 0 Å². The average molecular weight is 1080 g/mol. The highest BCUT2D eigenvalue weighted by atomic mass is 16.5. The quantitative estimate of drug-likeness (QED) is 0.0314. The van der Waals surface area contributed by atoms with Crippen molar-refractivity contribution in [2.24, 2.45) is 17.6 Å². The largest absolute Gasteiger partial charge is 0.457 e. The molecule has 2 fully saturated rings. The van der Waals surface area contributed by atoms with Gasteiger partial charge in [-0.05, 0) is 104 Å². The average Bonchev–Trinajstić information content (AvgIpc) is 3.53. The van der Waals surface area contributed by atoms with Crippen LogP contribution in [0.15, 0.2) is 141 Å². The smallest absolute Gasteiger partial charge is 0.338 e. The van der Waals surface area contributed by atoms with Gasteiger partial charge in [0.05, 0.1) is 17.3 Å². The number of nitrogens with one attached hydrogen (secondary N) is 5. The van der Waals surface area contributed by atoms with Crippen LogP contribution in [0.2, 0.25) is 0 Å². The van der Waals surface area contributed by atoms with Gasteiger partial charge in [0, 0.05) is 55.7 Å². The number of ether oxygens (including phenoxy) is 2. The Kier molecular flexibility index (Phi) is 18.6. The van der Waals surface area contributed by atoms with Crippen molar-refractivity contribution in [3.63, 3.8) is 0 Å². The summed E-state index contributed by atoms with van der Waals surface area (Å²) in [5, 5.41) is 24.1. The SMILES string of the molecule is C=CC(=O)NC1CCC[C@@H](N(C)c2cnc(C(=O)NC3CC(NC(=O)C=C)[C@H](C)[C@H](N(C)c4nnc(C(N)=O)c(Nc5cccc(C(=O)OCc6ccccc6)c5)n4)C3)c(Nc3cccc(C(=O)OCc4ccccc4)c3)n2)[C@H]1C. The molecule has 7 atom stereocenters. The Morgan fingerprint density at radius 2 is 1.19 bits per heavy atom. The van der Waals surface area contributed by atoms with Crippen LogP contribution in [0.25, 0.3) is 0 Å². The maximum absolute atomic E-state index is 14.8. The highest BCUT2D eigenvalue weighted by Gasteiger charge is 2.40. The zero-order valence-corrected chi connectivity index (χ0v) is 45.0. The number of nitrogens with zero attached hydrogens (tertiary/aromatic N) is 7. The van der Waals surface area contributed by atoms with Crippen LogP contribution >= 0.6 is 0 Å². The number of carbonyl (C=O) groups excluding carboxylic acids is 6. The first kappa shape index (κ1) is 56.7. The number of primary amides is 1. The number of amides is 4. The Morgan fingerprint density at radius 3 is 1.75 bits per heavy atom. The van der Waals surface area contributed by atoms with E-state index >= 15 is 0 Å². The predicted molar refractivity (Wildman–Crippen MR) is 302 cm³/mol. The minimum absolute atomic E-state index is 0.0110. The minimum atomic E-state index is -0.904. The van der Waals surface area contributed by atoms with E-state index in [1.54, 1.807) is 60.5 Å². The van der Waals surface area contributed by atoms with Crippen LogP contribution in [0.4, 0.5) is 34.8 Å². The van der Waals surface area contributed by atoms with Gasteiger partial charge in [0.2, 0.25) is 17.8 Å². The maximum Gasteiger partial charge on any atom is 0.338 e. The molecule has 21 heteroatoms. The fourth-order valence-electron chi connectivity index (χ4n) is 10.2. The van der Waals surface area contributed by atoms with E-state index in [2.05, 4.69) is 56.9 Å². The number of rotatable bonds is 21. The molecule has 0 saturated heterocycles. The second kappa shape index (κ2) is 26.2. The zero-order chi connectivity index (χ0) is 56.9. The molecule has 4 amide bonds. The van der Waals surface area contributed by atoms with E-state index in [1.165, 1.54) is 18.3 Å². The molecule has 3 unspecified atom stereocenters. The first-order chi connectivity index (χ1) is 38.6. The van der Waals surface area contributed by atoms with E-state index in [0.29, 0.717) is 30.0 Å². The lowest BCUT2D eigenvalue weighted by Crippen LogP contribution is -2.58. The molecule has 2 aliphatic carbocycles. The summed E-state index contributed by atoms with van der Waals surface area (Å²) < 4.78 is 11.2.